The number of aliphatic hydroxyl groups is 1. The number of benzene rings is 2. The van der Waals surface area contributed by atoms with Gasteiger partial charge in [0.05, 0.1) is 12.1 Å². The number of carbonyl (C=O) groups excluding carboxylic acids is 2. The number of likely N-dealkylation sites (tertiary alicyclic amines) is 1. The molecule has 0 spiro atoms. The molecule has 0 aliphatic carbocycles. The van der Waals surface area contributed by atoms with Gasteiger partial charge in [0.2, 0.25) is 5.91 Å². The number of nitrogens with zero attached hydrogens (tertiary/aromatic N) is 1. The van der Waals surface area contributed by atoms with E-state index in [0.717, 1.165) is 11.1 Å². The van der Waals surface area contributed by atoms with Gasteiger partial charge >= 0.3 is 6.09 Å². The van der Waals surface area contributed by atoms with Gasteiger partial charge in [-0.05, 0) is 29.9 Å². The van der Waals surface area contributed by atoms with Gasteiger partial charge in [0.15, 0.2) is 0 Å². The van der Waals surface area contributed by atoms with Gasteiger partial charge in [-0.25, -0.2) is 4.79 Å². The molecule has 2 amide bonds. The predicted molar refractivity (Wildman–Crippen MR) is 115 cm³/mol. The van der Waals surface area contributed by atoms with Crippen molar-refractivity contribution in [2.24, 2.45) is 5.92 Å². The smallest absolute Gasteiger partial charge is 0.408 e. The van der Waals surface area contributed by atoms with Gasteiger partial charge in [-0.3, -0.25) is 4.79 Å². The minimum Gasteiger partial charge on any atom is -0.445 e. The van der Waals surface area contributed by atoms with Gasteiger partial charge in [0.1, 0.15) is 12.6 Å². The standard InChI is InChI=1S/C24H30N2O4/c1-17(2)22(25-24(29)30-16-19-11-7-4-8-12-19)23(28)26-14-13-21(27)20(26)15-18-9-5-3-6-10-18/h3-12,17,20-22,27H,13-16H2,1-2H3,(H,25,29)/t20-,21+,22-/m0/s1. The van der Waals surface area contributed by atoms with Crippen molar-refractivity contribution in [2.45, 2.75) is 51.5 Å². The Hall–Kier alpha value is -2.86. The highest BCUT2D eigenvalue weighted by Crippen LogP contribution is 2.24. The maximum absolute atomic E-state index is 13.3. The van der Waals surface area contributed by atoms with Crippen molar-refractivity contribution in [1.29, 1.82) is 0 Å². The Morgan fingerprint density at radius 2 is 1.67 bits per heavy atom. The van der Waals surface area contributed by atoms with Crippen molar-refractivity contribution < 1.29 is 19.4 Å². The first kappa shape index (κ1) is 21.8. The molecule has 0 saturated carbocycles. The molecule has 0 aromatic heterocycles. The van der Waals surface area contributed by atoms with E-state index in [1.165, 1.54) is 0 Å². The Bertz CT molecular complexity index is 826. The van der Waals surface area contributed by atoms with Gasteiger partial charge in [-0.2, -0.15) is 0 Å². The maximum atomic E-state index is 13.3. The van der Waals surface area contributed by atoms with Gasteiger partial charge < -0.3 is 20.1 Å². The lowest BCUT2D eigenvalue weighted by Gasteiger charge is -2.31. The molecule has 0 bridgehead atoms. The summed E-state index contributed by atoms with van der Waals surface area (Å²) < 4.78 is 5.29. The molecule has 1 fully saturated rings. The summed E-state index contributed by atoms with van der Waals surface area (Å²) in [5.74, 6) is -0.295. The van der Waals surface area contributed by atoms with Crippen molar-refractivity contribution >= 4 is 12.0 Å². The summed E-state index contributed by atoms with van der Waals surface area (Å²) in [5, 5.41) is 13.2. The third-order valence-electron chi connectivity index (χ3n) is 5.50. The topological polar surface area (TPSA) is 78.9 Å². The normalized spacial score (nSPS) is 19.5. The highest BCUT2D eigenvalue weighted by atomic mass is 16.5. The van der Waals surface area contributed by atoms with E-state index in [4.69, 9.17) is 4.74 Å². The Balaban J connectivity index is 1.64. The number of rotatable bonds is 7. The first-order valence-corrected chi connectivity index (χ1v) is 10.5. The van der Waals surface area contributed by atoms with E-state index in [9.17, 15) is 14.7 Å². The first-order chi connectivity index (χ1) is 14.5. The molecule has 160 valence electrons. The van der Waals surface area contributed by atoms with Crippen LogP contribution in [0.15, 0.2) is 60.7 Å². The number of hydrogen-bond acceptors (Lipinski definition) is 4. The summed E-state index contributed by atoms with van der Waals surface area (Å²) in [6.45, 7) is 4.39. The number of ether oxygens (including phenoxy) is 1. The second-order valence-corrected chi connectivity index (χ2v) is 8.07. The summed E-state index contributed by atoms with van der Waals surface area (Å²) in [6.07, 6.45) is -0.0824. The molecule has 0 radical (unpaired) electrons. The number of amides is 2. The van der Waals surface area contributed by atoms with Crippen LogP contribution in [-0.2, 0) is 22.6 Å². The minimum absolute atomic E-state index is 0.114. The summed E-state index contributed by atoms with van der Waals surface area (Å²) in [6, 6.07) is 18.2. The average molecular weight is 411 g/mol. The summed E-state index contributed by atoms with van der Waals surface area (Å²) in [7, 11) is 0. The fourth-order valence-electron chi connectivity index (χ4n) is 3.80. The summed E-state index contributed by atoms with van der Waals surface area (Å²) in [5.41, 5.74) is 1.95. The highest BCUT2D eigenvalue weighted by Gasteiger charge is 2.39. The lowest BCUT2D eigenvalue weighted by atomic mass is 9.99. The Morgan fingerprint density at radius 3 is 2.27 bits per heavy atom. The van der Waals surface area contributed by atoms with E-state index in [2.05, 4.69) is 5.32 Å². The second-order valence-electron chi connectivity index (χ2n) is 8.07. The van der Waals surface area contributed by atoms with E-state index in [-0.39, 0.29) is 24.5 Å². The molecular weight excluding hydrogens is 380 g/mol. The zero-order valence-electron chi connectivity index (χ0n) is 17.5. The predicted octanol–water partition coefficient (Wildman–Crippen LogP) is 3.14. The number of carbonyl (C=O) groups is 2. The third kappa shape index (κ3) is 5.60. The monoisotopic (exact) mass is 410 g/mol. The molecule has 1 aliphatic heterocycles. The fourth-order valence-corrected chi connectivity index (χ4v) is 3.80. The molecule has 2 aromatic carbocycles. The molecule has 30 heavy (non-hydrogen) atoms. The van der Waals surface area contributed by atoms with Crippen LogP contribution in [-0.4, -0.2) is 46.7 Å². The lowest BCUT2D eigenvalue weighted by molar-refractivity contribution is -0.136. The molecule has 6 nitrogen and oxygen atoms in total. The van der Waals surface area contributed by atoms with E-state index >= 15 is 0 Å². The molecule has 2 aromatic rings. The SMILES string of the molecule is CC(C)[C@H](NC(=O)OCc1ccccc1)C(=O)N1CC[C@@H](O)[C@@H]1Cc1ccccc1. The van der Waals surface area contributed by atoms with Gasteiger partial charge in [0.25, 0.3) is 0 Å². The van der Waals surface area contributed by atoms with Crippen LogP contribution in [0.2, 0.25) is 0 Å². The summed E-state index contributed by atoms with van der Waals surface area (Å²) in [4.78, 5) is 27.3. The zero-order valence-corrected chi connectivity index (χ0v) is 17.5. The van der Waals surface area contributed by atoms with E-state index in [1.807, 2.05) is 74.5 Å². The minimum atomic E-state index is -0.711. The average Bonchev–Trinajstić information content (AvgIpc) is 3.11. The van der Waals surface area contributed by atoms with E-state index in [1.54, 1.807) is 4.90 Å². The molecule has 0 unspecified atom stereocenters. The molecule has 3 rings (SSSR count). The van der Waals surface area contributed by atoms with Gasteiger partial charge in [0, 0.05) is 6.54 Å². The number of hydrogen-bond donors (Lipinski definition) is 2. The van der Waals surface area contributed by atoms with E-state index < -0.39 is 18.2 Å². The van der Waals surface area contributed by atoms with Crippen LogP contribution in [0.3, 0.4) is 0 Å². The molecule has 2 N–H and O–H groups in total. The molecule has 3 atom stereocenters. The first-order valence-electron chi connectivity index (χ1n) is 10.5. The summed E-state index contributed by atoms with van der Waals surface area (Å²) >= 11 is 0. The fraction of sp³-hybridized carbons (Fsp3) is 0.417. The van der Waals surface area contributed by atoms with Crippen molar-refractivity contribution in [3.05, 3.63) is 71.8 Å². The number of aliphatic hydroxyl groups excluding tert-OH is 1. The Morgan fingerprint density at radius 1 is 1.07 bits per heavy atom. The molecule has 6 heteroatoms. The zero-order chi connectivity index (χ0) is 21.5. The van der Waals surface area contributed by atoms with Crippen LogP contribution in [0.4, 0.5) is 4.79 Å². The Kier molecular flexibility index (Phi) is 7.46. The largest absolute Gasteiger partial charge is 0.445 e. The van der Waals surface area contributed by atoms with Crippen LogP contribution in [0.1, 0.15) is 31.4 Å². The maximum Gasteiger partial charge on any atom is 0.408 e. The Labute approximate surface area is 177 Å². The van der Waals surface area contributed by atoms with Crippen LogP contribution in [0.25, 0.3) is 0 Å². The molecule has 1 heterocycles. The second kappa shape index (κ2) is 10.3. The van der Waals surface area contributed by atoms with E-state index in [0.29, 0.717) is 19.4 Å². The lowest BCUT2D eigenvalue weighted by Crippen LogP contribution is -2.53. The van der Waals surface area contributed by atoms with Crippen LogP contribution >= 0.6 is 0 Å². The van der Waals surface area contributed by atoms with Crippen molar-refractivity contribution in [3.63, 3.8) is 0 Å². The quantitative estimate of drug-likeness (QED) is 0.735. The van der Waals surface area contributed by atoms with Crippen molar-refractivity contribution in [3.8, 4) is 0 Å². The highest BCUT2D eigenvalue weighted by molar-refractivity contribution is 5.86. The molecular formula is C24H30N2O4. The molecule has 1 aliphatic rings. The van der Waals surface area contributed by atoms with Gasteiger partial charge in [-0.1, -0.05) is 74.5 Å². The van der Waals surface area contributed by atoms with Crippen LogP contribution < -0.4 is 5.32 Å². The van der Waals surface area contributed by atoms with Crippen LogP contribution in [0, 0.1) is 5.92 Å². The van der Waals surface area contributed by atoms with Crippen LogP contribution in [0.5, 0.6) is 0 Å². The number of nitrogens with one attached hydrogen (secondary N) is 1. The van der Waals surface area contributed by atoms with Crippen molar-refractivity contribution in [1.82, 2.24) is 10.2 Å². The van der Waals surface area contributed by atoms with Crippen molar-refractivity contribution in [2.75, 3.05) is 6.54 Å². The van der Waals surface area contributed by atoms with Gasteiger partial charge in [-0.15, -0.1) is 0 Å². The third-order valence-corrected chi connectivity index (χ3v) is 5.50. The number of alkyl carbamates (subject to hydrolysis) is 1. The molecule has 1 saturated heterocycles.